The molecular weight excluding hydrogens is 207 g/mol. The summed E-state index contributed by atoms with van der Waals surface area (Å²) in [5.74, 6) is -0.829. The van der Waals surface area contributed by atoms with E-state index in [1.807, 2.05) is 13.0 Å². The SMILES string of the molecule is Cc1ccc(C(C)(C)F)cc1CCC(=O)O. The van der Waals surface area contributed by atoms with Gasteiger partial charge in [-0.05, 0) is 43.9 Å². The van der Waals surface area contributed by atoms with Crippen LogP contribution in [0.1, 0.15) is 37.0 Å². The number of carboxylic acids is 1. The fraction of sp³-hybridized carbons (Fsp3) is 0.462. The number of hydrogen-bond donors (Lipinski definition) is 1. The molecule has 0 bridgehead atoms. The topological polar surface area (TPSA) is 37.3 Å². The van der Waals surface area contributed by atoms with Crippen LogP contribution in [-0.2, 0) is 16.9 Å². The number of rotatable bonds is 4. The molecule has 0 aliphatic carbocycles. The summed E-state index contributed by atoms with van der Waals surface area (Å²) in [5, 5.41) is 8.62. The Bertz CT molecular complexity index is 391. The Morgan fingerprint density at radius 2 is 2.06 bits per heavy atom. The summed E-state index contributed by atoms with van der Waals surface area (Å²) in [6.07, 6.45) is 0.530. The van der Waals surface area contributed by atoms with Crippen LogP contribution >= 0.6 is 0 Å². The van der Waals surface area contributed by atoms with Crippen molar-refractivity contribution < 1.29 is 14.3 Å². The van der Waals surface area contributed by atoms with Crippen LogP contribution in [0.4, 0.5) is 4.39 Å². The molecule has 0 spiro atoms. The third kappa shape index (κ3) is 3.33. The first kappa shape index (κ1) is 12.7. The molecule has 0 saturated heterocycles. The zero-order valence-corrected chi connectivity index (χ0v) is 9.88. The largest absolute Gasteiger partial charge is 0.481 e. The molecule has 0 fully saturated rings. The molecule has 3 heteroatoms. The highest BCUT2D eigenvalue weighted by Gasteiger charge is 2.19. The number of aliphatic carboxylic acids is 1. The standard InChI is InChI=1S/C13H17FO2/c1-9-4-6-11(13(2,3)14)8-10(9)5-7-12(15)16/h4,6,8H,5,7H2,1-3H3,(H,15,16). The maximum Gasteiger partial charge on any atom is 0.303 e. The lowest BCUT2D eigenvalue weighted by Crippen LogP contribution is -2.10. The van der Waals surface area contributed by atoms with Gasteiger partial charge in [0.05, 0.1) is 0 Å². The smallest absolute Gasteiger partial charge is 0.303 e. The van der Waals surface area contributed by atoms with Gasteiger partial charge in [-0.3, -0.25) is 4.79 Å². The molecule has 0 aliphatic heterocycles. The van der Waals surface area contributed by atoms with E-state index in [9.17, 15) is 9.18 Å². The minimum Gasteiger partial charge on any atom is -0.481 e. The van der Waals surface area contributed by atoms with E-state index < -0.39 is 11.6 Å². The van der Waals surface area contributed by atoms with E-state index in [-0.39, 0.29) is 6.42 Å². The van der Waals surface area contributed by atoms with Crippen molar-refractivity contribution in [2.24, 2.45) is 0 Å². The van der Waals surface area contributed by atoms with Crippen molar-refractivity contribution in [3.05, 3.63) is 34.9 Å². The Labute approximate surface area is 95.1 Å². The Kier molecular flexibility index (Phi) is 3.68. The lowest BCUT2D eigenvalue weighted by Gasteiger charge is -2.16. The molecule has 0 aromatic heterocycles. The van der Waals surface area contributed by atoms with Crippen LogP contribution in [0.15, 0.2) is 18.2 Å². The molecule has 1 N–H and O–H groups in total. The van der Waals surface area contributed by atoms with Gasteiger partial charge in [0.15, 0.2) is 0 Å². The van der Waals surface area contributed by atoms with E-state index in [0.29, 0.717) is 12.0 Å². The van der Waals surface area contributed by atoms with Crippen molar-refractivity contribution in [3.8, 4) is 0 Å². The highest BCUT2D eigenvalue weighted by molar-refractivity contribution is 5.67. The Morgan fingerprint density at radius 1 is 1.44 bits per heavy atom. The summed E-state index contributed by atoms with van der Waals surface area (Å²) in [6, 6.07) is 5.35. The molecule has 2 nitrogen and oxygen atoms in total. The van der Waals surface area contributed by atoms with Crippen molar-refractivity contribution in [2.45, 2.75) is 39.3 Å². The molecule has 0 atom stereocenters. The highest BCUT2D eigenvalue weighted by Crippen LogP contribution is 2.26. The van der Waals surface area contributed by atoms with Crippen LogP contribution in [0.25, 0.3) is 0 Å². The second-order valence-electron chi connectivity index (χ2n) is 4.51. The van der Waals surface area contributed by atoms with Crippen LogP contribution in [-0.4, -0.2) is 11.1 Å². The number of hydrogen-bond acceptors (Lipinski definition) is 1. The fourth-order valence-electron chi connectivity index (χ4n) is 1.55. The van der Waals surface area contributed by atoms with Crippen LogP contribution in [0.3, 0.4) is 0 Å². The number of aryl methyl sites for hydroxylation is 2. The first-order valence-electron chi connectivity index (χ1n) is 5.31. The summed E-state index contributed by atoms with van der Waals surface area (Å²) in [4.78, 5) is 10.5. The van der Waals surface area contributed by atoms with Crippen molar-refractivity contribution in [1.82, 2.24) is 0 Å². The zero-order valence-electron chi connectivity index (χ0n) is 9.88. The molecule has 0 aliphatic rings. The third-order valence-corrected chi connectivity index (χ3v) is 2.64. The van der Waals surface area contributed by atoms with Crippen molar-refractivity contribution in [2.75, 3.05) is 0 Å². The summed E-state index contributed by atoms with van der Waals surface area (Å²) in [6.45, 7) is 4.91. The quantitative estimate of drug-likeness (QED) is 0.852. The predicted molar refractivity (Wildman–Crippen MR) is 61.3 cm³/mol. The summed E-state index contributed by atoms with van der Waals surface area (Å²) in [7, 11) is 0. The zero-order chi connectivity index (χ0) is 12.3. The van der Waals surface area contributed by atoms with Gasteiger partial charge in [-0.2, -0.15) is 0 Å². The van der Waals surface area contributed by atoms with Gasteiger partial charge in [0.2, 0.25) is 0 Å². The van der Waals surface area contributed by atoms with Gasteiger partial charge in [-0.15, -0.1) is 0 Å². The highest BCUT2D eigenvalue weighted by atomic mass is 19.1. The molecule has 0 amide bonds. The molecule has 0 radical (unpaired) electrons. The monoisotopic (exact) mass is 224 g/mol. The molecule has 0 unspecified atom stereocenters. The summed E-state index contributed by atoms with van der Waals surface area (Å²) < 4.78 is 13.7. The van der Waals surface area contributed by atoms with Gasteiger partial charge >= 0.3 is 5.97 Å². The average molecular weight is 224 g/mol. The fourth-order valence-corrected chi connectivity index (χ4v) is 1.55. The number of carbonyl (C=O) groups is 1. The van der Waals surface area contributed by atoms with Crippen LogP contribution < -0.4 is 0 Å². The predicted octanol–water partition coefficient (Wildman–Crippen LogP) is 3.22. The number of alkyl halides is 1. The maximum absolute atomic E-state index is 13.7. The average Bonchev–Trinajstić information content (AvgIpc) is 2.14. The van der Waals surface area contributed by atoms with Gasteiger partial charge in [-0.1, -0.05) is 18.2 Å². The molecular formula is C13H17FO2. The van der Waals surface area contributed by atoms with E-state index in [2.05, 4.69) is 0 Å². The maximum atomic E-state index is 13.7. The second kappa shape index (κ2) is 4.64. The number of benzene rings is 1. The van der Waals surface area contributed by atoms with Gasteiger partial charge < -0.3 is 5.11 Å². The summed E-state index contributed by atoms with van der Waals surface area (Å²) >= 11 is 0. The molecule has 1 rings (SSSR count). The summed E-state index contributed by atoms with van der Waals surface area (Å²) in [5.41, 5.74) is 1.13. The second-order valence-corrected chi connectivity index (χ2v) is 4.51. The first-order chi connectivity index (χ1) is 7.30. The Hall–Kier alpha value is -1.38. The van der Waals surface area contributed by atoms with E-state index in [0.717, 1.165) is 11.1 Å². The van der Waals surface area contributed by atoms with Crippen LogP contribution in [0, 0.1) is 6.92 Å². The van der Waals surface area contributed by atoms with E-state index in [1.165, 1.54) is 13.8 Å². The Balaban J connectivity index is 2.95. The third-order valence-electron chi connectivity index (χ3n) is 2.64. The van der Waals surface area contributed by atoms with Crippen molar-refractivity contribution >= 4 is 5.97 Å². The van der Waals surface area contributed by atoms with Gasteiger partial charge in [0.25, 0.3) is 0 Å². The Morgan fingerprint density at radius 3 is 2.56 bits per heavy atom. The molecule has 0 heterocycles. The normalized spacial score (nSPS) is 11.5. The minimum atomic E-state index is -1.38. The number of carboxylic acid groups (broad SMARTS) is 1. The van der Waals surface area contributed by atoms with E-state index >= 15 is 0 Å². The van der Waals surface area contributed by atoms with E-state index in [4.69, 9.17) is 5.11 Å². The molecule has 88 valence electrons. The molecule has 0 saturated carbocycles. The molecule has 1 aromatic rings. The molecule has 1 aromatic carbocycles. The van der Waals surface area contributed by atoms with Crippen LogP contribution in [0.2, 0.25) is 0 Å². The van der Waals surface area contributed by atoms with Gasteiger partial charge in [0, 0.05) is 6.42 Å². The van der Waals surface area contributed by atoms with Gasteiger partial charge in [-0.25, -0.2) is 4.39 Å². The van der Waals surface area contributed by atoms with E-state index in [1.54, 1.807) is 12.1 Å². The van der Waals surface area contributed by atoms with Crippen molar-refractivity contribution in [3.63, 3.8) is 0 Å². The number of halogens is 1. The van der Waals surface area contributed by atoms with Gasteiger partial charge in [0.1, 0.15) is 5.67 Å². The first-order valence-corrected chi connectivity index (χ1v) is 5.31. The molecule has 16 heavy (non-hydrogen) atoms. The lowest BCUT2D eigenvalue weighted by atomic mass is 9.94. The van der Waals surface area contributed by atoms with Crippen LogP contribution in [0.5, 0.6) is 0 Å². The van der Waals surface area contributed by atoms with Crippen molar-refractivity contribution in [1.29, 1.82) is 0 Å². The lowest BCUT2D eigenvalue weighted by molar-refractivity contribution is -0.136. The minimum absolute atomic E-state index is 0.0804.